The molecule has 0 amide bonds. The smallest absolute Gasteiger partial charge is 0.259 e. The van der Waals surface area contributed by atoms with Gasteiger partial charge in [0.15, 0.2) is 5.82 Å². The van der Waals surface area contributed by atoms with Crippen LogP contribution in [0.25, 0.3) is 11.5 Å². The summed E-state index contributed by atoms with van der Waals surface area (Å²) in [4.78, 5) is 10.9. The van der Waals surface area contributed by atoms with Crippen molar-refractivity contribution in [1.29, 1.82) is 0 Å². The van der Waals surface area contributed by atoms with Crippen molar-refractivity contribution in [2.75, 3.05) is 25.6 Å². The van der Waals surface area contributed by atoms with Crippen LogP contribution in [-0.4, -0.2) is 41.9 Å². The Morgan fingerprint density at radius 3 is 2.88 bits per heavy atom. The van der Waals surface area contributed by atoms with Gasteiger partial charge in [0.1, 0.15) is 24.3 Å². The van der Waals surface area contributed by atoms with Crippen molar-refractivity contribution in [3.05, 3.63) is 54.0 Å². The molecule has 0 saturated carbocycles. The maximum Gasteiger partial charge on any atom is 0.259 e. The van der Waals surface area contributed by atoms with Gasteiger partial charge in [0.2, 0.25) is 0 Å². The van der Waals surface area contributed by atoms with E-state index in [1.165, 1.54) is 5.56 Å². The molecule has 0 N–H and O–H groups in total. The Kier molecular flexibility index (Phi) is 4.53. The Hall–Kier alpha value is -2.93. The van der Waals surface area contributed by atoms with E-state index in [9.17, 15) is 0 Å². The number of aromatic nitrogens is 3. The Labute approximate surface area is 151 Å². The molecule has 0 bridgehead atoms. The van der Waals surface area contributed by atoms with Gasteiger partial charge in [0.05, 0.1) is 12.1 Å². The average molecular weight is 352 g/mol. The third-order valence-electron chi connectivity index (χ3n) is 4.32. The first-order valence-corrected chi connectivity index (χ1v) is 8.46. The van der Waals surface area contributed by atoms with E-state index in [1.807, 2.05) is 37.4 Å². The monoisotopic (exact) mass is 352 g/mol. The normalized spacial score (nSPS) is 15.5. The molecule has 26 heavy (non-hydrogen) atoms. The molecule has 3 aromatic rings. The largest absolute Gasteiger partial charge is 0.488 e. The number of benzene rings is 1. The Morgan fingerprint density at radius 1 is 1.23 bits per heavy atom. The predicted octanol–water partition coefficient (Wildman–Crippen LogP) is 2.72. The number of ether oxygens (including phenoxy) is 2. The maximum atomic E-state index is 6.00. The highest BCUT2D eigenvalue weighted by Crippen LogP contribution is 2.29. The Bertz CT molecular complexity index is 854. The van der Waals surface area contributed by atoms with Crippen molar-refractivity contribution in [1.82, 2.24) is 15.1 Å². The summed E-state index contributed by atoms with van der Waals surface area (Å²) in [5.41, 5.74) is 2.04. The minimum absolute atomic E-state index is 0.131. The quantitative estimate of drug-likeness (QED) is 0.675. The Morgan fingerprint density at radius 2 is 2.12 bits per heavy atom. The summed E-state index contributed by atoms with van der Waals surface area (Å²) in [6, 6.07) is 12.0. The molecule has 134 valence electrons. The molecule has 2 aromatic heterocycles. The summed E-state index contributed by atoms with van der Waals surface area (Å²) in [5, 5.41) is 3.86. The van der Waals surface area contributed by atoms with E-state index in [4.69, 9.17) is 14.0 Å². The lowest BCUT2D eigenvalue weighted by atomic mass is 10.1. The third-order valence-corrected chi connectivity index (χ3v) is 4.32. The predicted molar refractivity (Wildman–Crippen MR) is 96.1 cm³/mol. The number of likely N-dealkylation sites (N-methyl/N-ethyl adjacent to an activating group) is 1. The van der Waals surface area contributed by atoms with Gasteiger partial charge < -0.3 is 18.9 Å². The fourth-order valence-corrected chi connectivity index (χ4v) is 3.05. The number of fused-ring (bicyclic) bond motifs is 1. The van der Waals surface area contributed by atoms with E-state index >= 15 is 0 Å². The minimum atomic E-state index is 0.131. The first-order valence-electron chi connectivity index (χ1n) is 8.46. The zero-order valence-electron chi connectivity index (χ0n) is 14.8. The molecule has 3 heterocycles. The van der Waals surface area contributed by atoms with Gasteiger partial charge in [-0.1, -0.05) is 23.4 Å². The number of para-hydroxylation sites is 1. The molecule has 4 rings (SSSR count). The van der Waals surface area contributed by atoms with Crippen molar-refractivity contribution in [2.24, 2.45) is 0 Å². The standard InChI is InChI=1S/C19H20N4O3/c1-23(11-15-9-13-5-3-4-6-16(13)25-15)18-8-7-14(10-20-18)19-21-17(12-24-2)22-26-19/h3-8,10,15H,9,11-12H2,1-2H3/t15-/m0/s1. The number of hydrogen-bond donors (Lipinski definition) is 0. The molecule has 1 aromatic carbocycles. The number of nitrogens with zero attached hydrogens (tertiary/aromatic N) is 4. The molecule has 0 saturated heterocycles. The molecule has 1 aliphatic rings. The zero-order valence-corrected chi connectivity index (χ0v) is 14.8. The first-order chi connectivity index (χ1) is 12.7. The highest BCUT2D eigenvalue weighted by atomic mass is 16.5. The molecular formula is C19H20N4O3. The average Bonchev–Trinajstić information content (AvgIpc) is 3.28. The van der Waals surface area contributed by atoms with Crippen LogP contribution in [0.1, 0.15) is 11.4 Å². The molecule has 0 aliphatic carbocycles. The Balaban J connectivity index is 1.40. The van der Waals surface area contributed by atoms with Crippen LogP contribution in [0.2, 0.25) is 0 Å². The molecule has 0 spiro atoms. The van der Waals surface area contributed by atoms with Gasteiger partial charge in [-0.3, -0.25) is 0 Å². The van der Waals surface area contributed by atoms with Crippen molar-refractivity contribution in [3.63, 3.8) is 0 Å². The van der Waals surface area contributed by atoms with Gasteiger partial charge >= 0.3 is 0 Å². The second-order valence-corrected chi connectivity index (χ2v) is 6.29. The van der Waals surface area contributed by atoms with E-state index in [0.29, 0.717) is 18.3 Å². The van der Waals surface area contributed by atoms with E-state index in [-0.39, 0.29) is 6.10 Å². The van der Waals surface area contributed by atoms with E-state index in [2.05, 4.69) is 26.1 Å². The molecule has 7 heteroatoms. The number of anilines is 1. The topological polar surface area (TPSA) is 73.5 Å². The summed E-state index contributed by atoms with van der Waals surface area (Å²) < 4.78 is 16.2. The molecule has 1 atom stereocenters. The van der Waals surface area contributed by atoms with Gasteiger partial charge in [-0.2, -0.15) is 4.98 Å². The van der Waals surface area contributed by atoms with Crippen LogP contribution in [0.5, 0.6) is 5.75 Å². The van der Waals surface area contributed by atoms with Crippen molar-refractivity contribution in [2.45, 2.75) is 19.1 Å². The molecule has 0 radical (unpaired) electrons. The van der Waals surface area contributed by atoms with Gasteiger partial charge in [0, 0.05) is 26.8 Å². The SMILES string of the molecule is COCc1noc(-c2ccc(N(C)C[C@@H]3Cc4ccccc4O3)nc2)n1. The van der Waals surface area contributed by atoms with Crippen LogP contribution >= 0.6 is 0 Å². The summed E-state index contributed by atoms with van der Waals surface area (Å²) in [7, 11) is 3.60. The summed E-state index contributed by atoms with van der Waals surface area (Å²) >= 11 is 0. The number of pyridine rings is 1. The van der Waals surface area contributed by atoms with E-state index in [1.54, 1.807) is 13.3 Å². The third kappa shape index (κ3) is 3.39. The van der Waals surface area contributed by atoms with Gasteiger partial charge in [-0.25, -0.2) is 4.98 Å². The lowest BCUT2D eigenvalue weighted by Gasteiger charge is -2.22. The molecular weight excluding hydrogens is 332 g/mol. The first kappa shape index (κ1) is 16.5. The zero-order chi connectivity index (χ0) is 17.9. The highest BCUT2D eigenvalue weighted by Gasteiger charge is 2.24. The van der Waals surface area contributed by atoms with E-state index < -0.39 is 0 Å². The van der Waals surface area contributed by atoms with Crippen molar-refractivity contribution in [3.8, 4) is 17.2 Å². The lowest BCUT2D eigenvalue weighted by Crippen LogP contribution is -2.32. The van der Waals surface area contributed by atoms with Gasteiger partial charge in [-0.05, 0) is 23.8 Å². The second kappa shape index (κ2) is 7.13. The van der Waals surface area contributed by atoms with Crippen molar-refractivity contribution >= 4 is 5.82 Å². The number of hydrogen-bond acceptors (Lipinski definition) is 7. The molecule has 0 unspecified atom stereocenters. The molecule has 1 aliphatic heterocycles. The van der Waals surface area contributed by atoms with Gasteiger partial charge in [0.25, 0.3) is 5.89 Å². The summed E-state index contributed by atoms with van der Waals surface area (Å²) in [6.07, 6.45) is 2.79. The lowest BCUT2D eigenvalue weighted by molar-refractivity contribution is 0.174. The second-order valence-electron chi connectivity index (χ2n) is 6.29. The van der Waals surface area contributed by atoms with Crippen LogP contribution < -0.4 is 9.64 Å². The number of methoxy groups -OCH3 is 1. The fraction of sp³-hybridized carbons (Fsp3) is 0.316. The van der Waals surface area contributed by atoms with Crippen LogP contribution in [0.15, 0.2) is 47.1 Å². The van der Waals surface area contributed by atoms with Crippen LogP contribution in [0.4, 0.5) is 5.82 Å². The van der Waals surface area contributed by atoms with Gasteiger partial charge in [-0.15, -0.1) is 0 Å². The van der Waals surface area contributed by atoms with E-state index in [0.717, 1.165) is 30.1 Å². The fourth-order valence-electron chi connectivity index (χ4n) is 3.05. The highest BCUT2D eigenvalue weighted by molar-refractivity contribution is 5.54. The van der Waals surface area contributed by atoms with Crippen LogP contribution in [0.3, 0.4) is 0 Å². The molecule has 7 nitrogen and oxygen atoms in total. The maximum absolute atomic E-state index is 6.00. The molecule has 0 fully saturated rings. The number of rotatable bonds is 6. The van der Waals surface area contributed by atoms with Crippen LogP contribution in [-0.2, 0) is 17.8 Å². The van der Waals surface area contributed by atoms with Crippen molar-refractivity contribution < 1.29 is 14.0 Å². The van der Waals surface area contributed by atoms with Crippen LogP contribution in [0, 0.1) is 0 Å². The summed E-state index contributed by atoms with van der Waals surface area (Å²) in [6.45, 7) is 1.08. The summed E-state index contributed by atoms with van der Waals surface area (Å²) in [5.74, 6) is 2.80. The minimum Gasteiger partial charge on any atom is -0.488 e.